The van der Waals surface area contributed by atoms with Gasteiger partial charge in [0.05, 0.1) is 16.8 Å². The minimum Gasteiger partial charge on any atom is -0.454 e. The Morgan fingerprint density at radius 1 is 0.964 bits per heavy atom. The Labute approximate surface area is 163 Å². The van der Waals surface area contributed by atoms with Gasteiger partial charge in [0.1, 0.15) is 5.82 Å². The maximum atomic E-state index is 12.6. The molecule has 0 saturated carbocycles. The summed E-state index contributed by atoms with van der Waals surface area (Å²) in [6.07, 6.45) is 2.49. The Morgan fingerprint density at radius 3 is 2.57 bits per heavy atom. The van der Waals surface area contributed by atoms with Gasteiger partial charge in [-0.3, -0.25) is 4.72 Å². The summed E-state index contributed by atoms with van der Waals surface area (Å²) in [6.45, 7) is 0.848. The molecule has 0 radical (unpaired) electrons. The summed E-state index contributed by atoms with van der Waals surface area (Å²) in [5.74, 6) is 1.18. The van der Waals surface area contributed by atoms with E-state index in [4.69, 9.17) is 9.47 Å². The molecule has 3 aromatic rings. The first-order valence-electron chi connectivity index (χ1n) is 8.76. The molecule has 0 bridgehead atoms. The maximum absolute atomic E-state index is 12.6. The Hall–Kier alpha value is -3.26. The largest absolute Gasteiger partial charge is 0.454 e. The number of anilines is 2. The predicted octanol–water partition coefficient (Wildman–Crippen LogP) is 3.27. The fraction of sp³-hybridized carbons (Fsp3) is 0.150. The van der Waals surface area contributed by atoms with Crippen LogP contribution in [-0.4, -0.2) is 26.7 Å². The lowest BCUT2D eigenvalue weighted by molar-refractivity contribution is 0.174. The number of pyridine rings is 1. The van der Waals surface area contributed by atoms with Crippen molar-refractivity contribution in [2.75, 3.05) is 23.4 Å². The van der Waals surface area contributed by atoms with Gasteiger partial charge in [0.25, 0.3) is 10.0 Å². The molecular formula is C20H19N3O4S. The highest BCUT2D eigenvalue weighted by Crippen LogP contribution is 2.34. The lowest BCUT2D eigenvalue weighted by atomic mass is 10.1. The van der Waals surface area contributed by atoms with E-state index in [1.54, 1.807) is 24.4 Å². The van der Waals surface area contributed by atoms with Gasteiger partial charge in [0.15, 0.2) is 11.5 Å². The lowest BCUT2D eigenvalue weighted by Crippen LogP contribution is -2.14. The molecule has 2 aromatic carbocycles. The van der Waals surface area contributed by atoms with E-state index in [0.29, 0.717) is 11.5 Å². The Kier molecular flexibility index (Phi) is 5.03. The first-order chi connectivity index (χ1) is 13.6. The van der Waals surface area contributed by atoms with Crippen LogP contribution in [0.4, 0.5) is 11.5 Å². The molecule has 2 heterocycles. The van der Waals surface area contributed by atoms with Crippen LogP contribution in [0.3, 0.4) is 0 Å². The van der Waals surface area contributed by atoms with Crippen molar-refractivity contribution in [3.05, 3.63) is 72.4 Å². The van der Waals surface area contributed by atoms with E-state index < -0.39 is 10.0 Å². The minimum absolute atomic E-state index is 0.0867. The van der Waals surface area contributed by atoms with Crippen molar-refractivity contribution in [2.24, 2.45) is 0 Å². The summed E-state index contributed by atoms with van der Waals surface area (Å²) in [5.41, 5.74) is 2.07. The third-order valence-corrected chi connectivity index (χ3v) is 5.59. The van der Waals surface area contributed by atoms with Gasteiger partial charge in [-0.25, -0.2) is 13.4 Å². The van der Waals surface area contributed by atoms with E-state index >= 15 is 0 Å². The van der Waals surface area contributed by atoms with Crippen LogP contribution in [0.2, 0.25) is 0 Å². The number of hydrogen-bond acceptors (Lipinski definition) is 6. The van der Waals surface area contributed by atoms with E-state index in [2.05, 4.69) is 27.2 Å². The molecule has 0 spiro atoms. The molecule has 0 saturated heterocycles. The molecule has 1 aromatic heterocycles. The van der Waals surface area contributed by atoms with Crippen LogP contribution >= 0.6 is 0 Å². The first-order valence-corrected chi connectivity index (χ1v) is 10.2. The second-order valence-electron chi connectivity index (χ2n) is 6.22. The lowest BCUT2D eigenvalue weighted by Gasteiger charge is -2.10. The first kappa shape index (κ1) is 18.1. The van der Waals surface area contributed by atoms with Crippen molar-refractivity contribution >= 4 is 21.5 Å². The number of hydrogen-bond donors (Lipinski definition) is 2. The minimum atomic E-state index is -3.77. The summed E-state index contributed by atoms with van der Waals surface area (Å²) in [7, 11) is -3.77. The van der Waals surface area contributed by atoms with Gasteiger partial charge in [-0.05, 0) is 36.2 Å². The molecule has 0 unspecified atom stereocenters. The van der Waals surface area contributed by atoms with Crippen molar-refractivity contribution in [1.29, 1.82) is 0 Å². The zero-order valence-electron chi connectivity index (χ0n) is 15.0. The standard InChI is InChI=1S/C20H19N3O4S/c24-28(25,17-7-8-18-19(12-17)27-14-26-18)23-20-9-6-16(13-22-20)21-11-10-15-4-2-1-3-5-15/h1-9,12-13,21H,10-11,14H2,(H,22,23). The zero-order chi connectivity index (χ0) is 19.4. The van der Waals surface area contributed by atoms with E-state index in [9.17, 15) is 8.42 Å². The van der Waals surface area contributed by atoms with E-state index in [0.717, 1.165) is 18.7 Å². The van der Waals surface area contributed by atoms with Crippen molar-refractivity contribution in [3.63, 3.8) is 0 Å². The van der Waals surface area contributed by atoms with Crippen LogP contribution < -0.4 is 19.5 Å². The van der Waals surface area contributed by atoms with Gasteiger partial charge in [-0.1, -0.05) is 30.3 Å². The van der Waals surface area contributed by atoms with Crippen molar-refractivity contribution in [3.8, 4) is 11.5 Å². The van der Waals surface area contributed by atoms with Crippen LogP contribution in [0.5, 0.6) is 11.5 Å². The summed E-state index contributed by atoms with van der Waals surface area (Å²) in [4.78, 5) is 4.27. The molecular weight excluding hydrogens is 378 g/mol. The van der Waals surface area contributed by atoms with Gasteiger partial charge < -0.3 is 14.8 Å². The van der Waals surface area contributed by atoms with Crippen molar-refractivity contribution < 1.29 is 17.9 Å². The monoisotopic (exact) mass is 397 g/mol. The summed E-state index contributed by atoms with van der Waals surface area (Å²) < 4.78 is 38.0. The van der Waals surface area contributed by atoms with E-state index in [-0.39, 0.29) is 17.5 Å². The highest BCUT2D eigenvalue weighted by atomic mass is 32.2. The normalized spacial score (nSPS) is 12.6. The highest BCUT2D eigenvalue weighted by Gasteiger charge is 2.20. The average molecular weight is 397 g/mol. The summed E-state index contributed by atoms with van der Waals surface area (Å²) in [5, 5.41) is 3.27. The Morgan fingerprint density at radius 2 is 1.79 bits per heavy atom. The molecule has 28 heavy (non-hydrogen) atoms. The molecule has 7 nitrogen and oxygen atoms in total. The molecule has 4 rings (SSSR count). The quantitative estimate of drug-likeness (QED) is 0.636. The van der Waals surface area contributed by atoms with Crippen LogP contribution in [-0.2, 0) is 16.4 Å². The van der Waals surface area contributed by atoms with Crippen LogP contribution in [0.1, 0.15) is 5.56 Å². The molecule has 8 heteroatoms. The highest BCUT2D eigenvalue weighted by molar-refractivity contribution is 7.92. The second kappa shape index (κ2) is 7.77. The molecule has 0 fully saturated rings. The van der Waals surface area contributed by atoms with Crippen LogP contribution in [0.15, 0.2) is 71.8 Å². The van der Waals surface area contributed by atoms with E-state index in [1.165, 1.54) is 17.7 Å². The molecule has 0 amide bonds. The summed E-state index contributed by atoms with van der Waals surface area (Å²) in [6, 6.07) is 18.1. The number of fused-ring (bicyclic) bond motifs is 1. The molecule has 1 aliphatic rings. The number of sulfonamides is 1. The Bertz CT molecular complexity index is 1050. The molecule has 1 aliphatic heterocycles. The fourth-order valence-corrected chi connectivity index (χ4v) is 3.82. The van der Waals surface area contributed by atoms with Crippen LogP contribution in [0, 0.1) is 0 Å². The van der Waals surface area contributed by atoms with Gasteiger partial charge in [-0.15, -0.1) is 0 Å². The zero-order valence-corrected chi connectivity index (χ0v) is 15.8. The maximum Gasteiger partial charge on any atom is 0.263 e. The van der Waals surface area contributed by atoms with Gasteiger partial charge in [0.2, 0.25) is 6.79 Å². The number of nitrogens with zero attached hydrogens (tertiary/aromatic N) is 1. The van der Waals surface area contributed by atoms with Gasteiger partial charge >= 0.3 is 0 Å². The molecule has 2 N–H and O–H groups in total. The van der Waals surface area contributed by atoms with Crippen molar-refractivity contribution in [2.45, 2.75) is 11.3 Å². The molecule has 0 aliphatic carbocycles. The topological polar surface area (TPSA) is 89.6 Å². The average Bonchev–Trinajstić information content (AvgIpc) is 3.18. The Balaban J connectivity index is 1.37. The summed E-state index contributed by atoms with van der Waals surface area (Å²) >= 11 is 0. The smallest absolute Gasteiger partial charge is 0.263 e. The van der Waals surface area contributed by atoms with Gasteiger partial charge in [-0.2, -0.15) is 0 Å². The number of rotatable bonds is 7. The SMILES string of the molecule is O=S(=O)(Nc1ccc(NCCc2ccccc2)cn1)c1ccc2c(c1)OCO2. The second-order valence-corrected chi connectivity index (χ2v) is 7.90. The van der Waals surface area contributed by atoms with Crippen molar-refractivity contribution in [1.82, 2.24) is 4.98 Å². The number of nitrogens with one attached hydrogen (secondary N) is 2. The van der Waals surface area contributed by atoms with Gasteiger partial charge in [0, 0.05) is 12.6 Å². The fourth-order valence-electron chi connectivity index (χ4n) is 2.80. The predicted molar refractivity (Wildman–Crippen MR) is 106 cm³/mol. The molecule has 144 valence electrons. The third-order valence-electron chi connectivity index (χ3n) is 4.24. The van der Waals surface area contributed by atoms with E-state index in [1.807, 2.05) is 18.2 Å². The molecule has 0 atom stereocenters. The number of ether oxygens (including phenoxy) is 2. The number of aromatic nitrogens is 1. The third kappa shape index (κ3) is 4.17. The van der Waals surface area contributed by atoms with Crippen LogP contribution in [0.25, 0.3) is 0 Å². The number of benzene rings is 2.